The molecule has 1 aliphatic rings. The Kier molecular flexibility index (Phi) is 7.10. The average molecular weight is 384 g/mol. The second-order valence-corrected chi connectivity index (χ2v) is 6.57. The molecule has 2 N–H and O–H groups in total. The highest BCUT2D eigenvalue weighted by molar-refractivity contribution is 5.70. The van der Waals surface area contributed by atoms with Crippen LogP contribution in [0.4, 0.5) is 0 Å². The Morgan fingerprint density at radius 1 is 1.39 bits per heavy atom. The quantitative estimate of drug-likeness (QED) is 0.309. The molecule has 0 saturated heterocycles. The first-order chi connectivity index (χ1) is 13.4. The molecule has 0 fully saturated rings. The fraction of sp³-hybridized carbons (Fsp3) is 0.381. The zero-order valence-electron chi connectivity index (χ0n) is 15.7. The van der Waals surface area contributed by atoms with Crippen LogP contribution < -0.4 is 4.74 Å². The van der Waals surface area contributed by atoms with Gasteiger partial charge in [-0.15, -0.1) is 0 Å². The number of nitrogens with zero attached hydrogens (tertiary/aromatic N) is 2. The number of benzene rings is 1. The van der Waals surface area contributed by atoms with E-state index in [1.807, 2.05) is 12.1 Å². The average Bonchev–Trinajstić information content (AvgIpc) is 2.73. The number of hydrogen-bond donors (Lipinski definition) is 2. The fourth-order valence-electron chi connectivity index (χ4n) is 3.45. The summed E-state index contributed by atoms with van der Waals surface area (Å²) in [6.07, 6.45) is 1.84. The summed E-state index contributed by atoms with van der Waals surface area (Å²) in [4.78, 5) is 19.4. The molecule has 0 bridgehead atoms. The van der Waals surface area contributed by atoms with Gasteiger partial charge >= 0.3 is 5.97 Å². The molecule has 0 spiro atoms. The maximum Gasteiger partial charge on any atom is 0.332 e. The summed E-state index contributed by atoms with van der Waals surface area (Å²) < 4.78 is 10.5. The molecule has 7 nitrogen and oxygen atoms in total. The Hall–Kier alpha value is -2.95. The topological polar surface area (TPSA) is 92.7 Å². The summed E-state index contributed by atoms with van der Waals surface area (Å²) in [7, 11) is 1.57. The fourth-order valence-corrected chi connectivity index (χ4v) is 3.45. The van der Waals surface area contributed by atoms with Crippen molar-refractivity contribution in [2.45, 2.75) is 30.6 Å². The van der Waals surface area contributed by atoms with Gasteiger partial charge in [-0.1, -0.05) is 24.8 Å². The number of esters is 1. The molecule has 0 radical (unpaired) electrons. The maximum absolute atomic E-state index is 11.7. The van der Waals surface area contributed by atoms with Crippen LogP contribution in [0.2, 0.25) is 0 Å². The minimum absolute atomic E-state index is 0.174. The summed E-state index contributed by atoms with van der Waals surface area (Å²) in [5.74, 6) is -0.749. The molecule has 1 aromatic carbocycles. The van der Waals surface area contributed by atoms with Gasteiger partial charge in [0.15, 0.2) is 0 Å². The summed E-state index contributed by atoms with van der Waals surface area (Å²) in [6, 6.07) is 7.23. The van der Waals surface area contributed by atoms with Crippen molar-refractivity contribution in [2.24, 2.45) is 10.9 Å². The number of methoxy groups -OCH3 is 1. The SMILES string of the molecule is [C-]#[N+]C(Cc1ccc(OC)cc1)(C(=C)N=C)C1CC(O)C=CC1OC(=O)CO. The lowest BCUT2D eigenvalue weighted by molar-refractivity contribution is -0.154. The highest BCUT2D eigenvalue weighted by Crippen LogP contribution is 2.42. The van der Waals surface area contributed by atoms with Crippen molar-refractivity contribution in [3.05, 3.63) is 65.7 Å². The van der Waals surface area contributed by atoms with Gasteiger partial charge in [-0.25, -0.2) is 11.4 Å². The minimum Gasteiger partial charge on any atom is -0.497 e. The number of carbonyl (C=O) groups is 1. The highest BCUT2D eigenvalue weighted by atomic mass is 16.6. The van der Waals surface area contributed by atoms with E-state index < -0.39 is 36.2 Å². The van der Waals surface area contributed by atoms with Gasteiger partial charge in [-0.3, -0.25) is 4.99 Å². The number of ether oxygens (including phenoxy) is 2. The van der Waals surface area contributed by atoms with E-state index in [0.29, 0.717) is 5.75 Å². The van der Waals surface area contributed by atoms with E-state index in [2.05, 4.69) is 23.1 Å². The lowest BCUT2D eigenvalue weighted by Crippen LogP contribution is -2.48. The summed E-state index contributed by atoms with van der Waals surface area (Å²) in [6.45, 7) is 14.6. The molecule has 28 heavy (non-hydrogen) atoms. The molecule has 1 aromatic rings. The van der Waals surface area contributed by atoms with Gasteiger partial charge in [0.05, 0.1) is 25.6 Å². The number of aliphatic imine (C=N–C) groups is 1. The van der Waals surface area contributed by atoms with Gasteiger partial charge in [0.2, 0.25) is 0 Å². The Morgan fingerprint density at radius 3 is 2.61 bits per heavy atom. The zero-order chi connectivity index (χ0) is 20.7. The molecule has 148 valence electrons. The van der Waals surface area contributed by atoms with E-state index >= 15 is 0 Å². The van der Waals surface area contributed by atoms with E-state index in [4.69, 9.17) is 21.2 Å². The normalized spacial score (nSPS) is 23.1. The zero-order valence-corrected chi connectivity index (χ0v) is 15.7. The molecule has 0 saturated carbocycles. The lowest BCUT2D eigenvalue weighted by atomic mass is 9.70. The maximum atomic E-state index is 11.7. The van der Waals surface area contributed by atoms with Crippen LogP contribution in [0.25, 0.3) is 4.85 Å². The first kappa shape index (κ1) is 21.4. The molecule has 0 aliphatic heterocycles. The van der Waals surface area contributed by atoms with Crippen LogP contribution in [0.15, 0.2) is 53.7 Å². The van der Waals surface area contributed by atoms with Crippen LogP contribution in [0.3, 0.4) is 0 Å². The highest BCUT2D eigenvalue weighted by Gasteiger charge is 2.54. The van der Waals surface area contributed by atoms with Crippen molar-refractivity contribution < 1.29 is 24.5 Å². The van der Waals surface area contributed by atoms with E-state index in [1.54, 1.807) is 19.2 Å². The van der Waals surface area contributed by atoms with E-state index in [1.165, 1.54) is 12.2 Å². The van der Waals surface area contributed by atoms with Crippen molar-refractivity contribution in [3.8, 4) is 5.75 Å². The number of aliphatic hydroxyl groups is 2. The van der Waals surface area contributed by atoms with E-state index in [-0.39, 0.29) is 18.5 Å². The molecular weight excluding hydrogens is 360 g/mol. The van der Waals surface area contributed by atoms with Gasteiger partial charge in [0.25, 0.3) is 5.54 Å². The molecule has 1 aliphatic carbocycles. The van der Waals surface area contributed by atoms with Crippen molar-refractivity contribution in [1.82, 2.24) is 0 Å². The Labute approximate surface area is 164 Å². The van der Waals surface area contributed by atoms with Crippen molar-refractivity contribution in [3.63, 3.8) is 0 Å². The Bertz CT molecular complexity index is 796. The first-order valence-corrected chi connectivity index (χ1v) is 8.74. The predicted octanol–water partition coefficient (Wildman–Crippen LogP) is 1.95. The van der Waals surface area contributed by atoms with Crippen LogP contribution >= 0.6 is 0 Å². The minimum atomic E-state index is -1.29. The molecule has 7 heteroatoms. The van der Waals surface area contributed by atoms with Crippen LogP contribution in [-0.4, -0.2) is 54.4 Å². The van der Waals surface area contributed by atoms with E-state index in [9.17, 15) is 9.90 Å². The molecule has 0 aromatic heterocycles. The van der Waals surface area contributed by atoms with Crippen LogP contribution in [0.5, 0.6) is 5.75 Å². The standard InChI is InChI=1S/C21H24N2O5/c1-14(22-2)21(23-3,12-15-5-8-17(27-4)9-6-15)18-11-16(25)7-10-19(18)28-20(26)13-24/h5-10,16,18-19,24-25H,1-2,11-13H2,4H3. The molecule has 4 atom stereocenters. The Morgan fingerprint density at radius 2 is 2.07 bits per heavy atom. The van der Waals surface area contributed by atoms with Gasteiger partial charge in [0.1, 0.15) is 24.2 Å². The lowest BCUT2D eigenvalue weighted by Gasteiger charge is -2.37. The third kappa shape index (κ3) is 4.47. The summed E-state index contributed by atoms with van der Waals surface area (Å²) in [5, 5.41) is 19.2. The van der Waals surface area contributed by atoms with Crippen LogP contribution in [-0.2, 0) is 16.0 Å². The second kappa shape index (κ2) is 9.31. The van der Waals surface area contributed by atoms with Crippen molar-refractivity contribution >= 4 is 12.7 Å². The first-order valence-electron chi connectivity index (χ1n) is 8.74. The number of carbonyl (C=O) groups excluding carboxylic acids is 1. The van der Waals surface area contributed by atoms with Gasteiger partial charge in [-0.2, -0.15) is 0 Å². The largest absolute Gasteiger partial charge is 0.497 e. The van der Waals surface area contributed by atoms with Crippen LogP contribution in [0.1, 0.15) is 12.0 Å². The molecular formula is C21H24N2O5. The van der Waals surface area contributed by atoms with Crippen molar-refractivity contribution in [2.75, 3.05) is 13.7 Å². The smallest absolute Gasteiger partial charge is 0.332 e. The van der Waals surface area contributed by atoms with Gasteiger partial charge < -0.3 is 24.5 Å². The van der Waals surface area contributed by atoms with Gasteiger partial charge in [0, 0.05) is 0 Å². The molecule has 4 unspecified atom stereocenters. The third-order valence-electron chi connectivity index (χ3n) is 4.95. The summed E-state index contributed by atoms with van der Waals surface area (Å²) >= 11 is 0. The molecule has 0 heterocycles. The monoisotopic (exact) mass is 384 g/mol. The third-order valence-corrected chi connectivity index (χ3v) is 4.95. The van der Waals surface area contributed by atoms with E-state index in [0.717, 1.165) is 5.56 Å². The van der Waals surface area contributed by atoms with Crippen molar-refractivity contribution in [1.29, 1.82) is 0 Å². The molecule has 2 rings (SSSR count). The number of hydrogen-bond acceptors (Lipinski definition) is 6. The van der Waals surface area contributed by atoms with Crippen LogP contribution in [0, 0.1) is 12.5 Å². The number of rotatable bonds is 8. The second-order valence-electron chi connectivity index (χ2n) is 6.57. The molecule has 0 amide bonds. The number of aliphatic hydroxyl groups excluding tert-OH is 2. The Balaban J connectivity index is 2.48. The predicted molar refractivity (Wildman–Crippen MR) is 105 cm³/mol. The summed E-state index contributed by atoms with van der Waals surface area (Å²) in [5.41, 5.74) is -0.226. The van der Waals surface area contributed by atoms with Gasteiger partial charge in [-0.05, 0) is 36.9 Å².